The molecule has 0 radical (unpaired) electrons. The standard InChI is InChI=1S/C26H37N3O3/c1-16-9-11-18(12-10-16)23-19(13-22(27)30)17(2)29-21(14-25(3,4)5)20(23)15-28-24(31)32-26(6,7)8/h9-12H,13-15H2,1-8H3,(H2,27,30)(H,28,31). The summed E-state index contributed by atoms with van der Waals surface area (Å²) in [5.41, 5.74) is 11.3. The zero-order chi connectivity index (χ0) is 24.3. The Kier molecular flexibility index (Phi) is 7.70. The summed E-state index contributed by atoms with van der Waals surface area (Å²) >= 11 is 0. The Labute approximate surface area is 192 Å². The average Bonchev–Trinajstić information content (AvgIpc) is 2.60. The van der Waals surface area contributed by atoms with Crippen molar-refractivity contribution < 1.29 is 14.3 Å². The number of ether oxygens (including phenoxy) is 1. The molecule has 0 aliphatic rings. The number of hydrogen-bond donors (Lipinski definition) is 2. The van der Waals surface area contributed by atoms with Gasteiger partial charge in [0.15, 0.2) is 0 Å². The molecule has 0 spiro atoms. The third-order valence-corrected chi connectivity index (χ3v) is 4.89. The topological polar surface area (TPSA) is 94.3 Å². The summed E-state index contributed by atoms with van der Waals surface area (Å²) in [5.74, 6) is -0.419. The molecule has 6 nitrogen and oxygen atoms in total. The number of pyridine rings is 1. The van der Waals surface area contributed by atoms with E-state index < -0.39 is 17.6 Å². The van der Waals surface area contributed by atoms with Crippen molar-refractivity contribution >= 4 is 12.0 Å². The normalized spacial score (nSPS) is 11.9. The number of rotatable bonds is 6. The van der Waals surface area contributed by atoms with Crippen molar-refractivity contribution in [2.24, 2.45) is 11.1 Å². The minimum atomic E-state index is -0.596. The number of aromatic nitrogens is 1. The number of alkyl carbamates (subject to hydrolysis) is 1. The molecule has 32 heavy (non-hydrogen) atoms. The van der Waals surface area contributed by atoms with E-state index in [9.17, 15) is 9.59 Å². The number of carbonyl (C=O) groups excluding carboxylic acids is 2. The highest BCUT2D eigenvalue weighted by Crippen LogP contribution is 2.34. The molecule has 0 fully saturated rings. The summed E-state index contributed by atoms with van der Waals surface area (Å²) in [4.78, 5) is 29.2. The van der Waals surface area contributed by atoms with Crippen LogP contribution in [0.25, 0.3) is 11.1 Å². The number of nitrogens with zero attached hydrogens (tertiary/aromatic N) is 1. The maximum absolute atomic E-state index is 12.4. The van der Waals surface area contributed by atoms with E-state index in [1.807, 2.05) is 58.9 Å². The van der Waals surface area contributed by atoms with Crippen LogP contribution >= 0.6 is 0 Å². The van der Waals surface area contributed by atoms with Crippen LogP contribution < -0.4 is 11.1 Å². The number of nitrogens with one attached hydrogen (secondary N) is 1. The summed E-state index contributed by atoms with van der Waals surface area (Å²) < 4.78 is 5.44. The van der Waals surface area contributed by atoms with E-state index in [4.69, 9.17) is 15.5 Å². The molecule has 2 aromatic rings. The van der Waals surface area contributed by atoms with E-state index in [1.165, 1.54) is 0 Å². The largest absolute Gasteiger partial charge is 0.444 e. The van der Waals surface area contributed by atoms with E-state index in [0.29, 0.717) is 0 Å². The molecule has 3 N–H and O–H groups in total. The van der Waals surface area contributed by atoms with Crippen LogP contribution in [0.2, 0.25) is 0 Å². The summed E-state index contributed by atoms with van der Waals surface area (Å²) in [6.45, 7) is 16.1. The minimum absolute atomic E-state index is 0.0180. The zero-order valence-corrected chi connectivity index (χ0v) is 20.7. The SMILES string of the molecule is Cc1ccc(-c2c(CC(N)=O)c(C)nc(CC(C)(C)C)c2CNC(=O)OC(C)(C)C)cc1. The van der Waals surface area contributed by atoms with Gasteiger partial charge in [-0.3, -0.25) is 9.78 Å². The van der Waals surface area contributed by atoms with Gasteiger partial charge >= 0.3 is 6.09 Å². The highest BCUT2D eigenvalue weighted by atomic mass is 16.6. The van der Waals surface area contributed by atoms with Gasteiger partial charge in [0.2, 0.25) is 5.91 Å². The molecule has 0 aliphatic carbocycles. The molecule has 0 atom stereocenters. The predicted octanol–water partition coefficient (Wildman–Crippen LogP) is 5.01. The number of benzene rings is 1. The Bertz CT molecular complexity index is 981. The summed E-state index contributed by atoms with van der Waals surface area (Å²) in [6.07, 6.45) is 0.303. The lowest BCUT2D eigenvalue weighted by molar-refractivity contribution is -0.117. The average molecular weight is 440 g/mol. The van der Waals surface area contributed by atoms with Gasteiger partial charge < -0.3 is 15.8 Å². The second-order valence-electron chi connectivity index (χ2n) is 10.6. The minimum Gasteiger partial charge on any atom is -0.444 e. The van der Waals surface area contributed by atoms with Crippen molar-refractivity contribution in [3.05, 3.63) is 52.3 Å². The van der Waals surface area contributed by atoms with E-state index in [0.717, 1.165) is 45.6 Å². The molecule has 0 saturated carbocycles. The Balaban J connectivity index is 2.69. The maximum atomic E-state index is 12.4. The number of nitrogens with two attached hydrogens (primary N) is 1. The van der Waals surface area contributed by atoms with Crippen LogP contribution in [0.3, 0.4) is 0 Å². The first-order valence-corrected chi connectivity index (χ1v) is 11.0. The van der Waals surface area contributed by atoms with Gasteiger partial charge in [-0.25, -0.2) is 4.79 Å². The van der Waals surface area contributed by atoms with E-state index in [1.54, 1.807) is 0 Å². The fourth-order valence-electron chi connectivity index (χ4n) is 3.62. The summed E-state index contributed by atoms with van der Waals surface area (Å²) in [5, 5.41) is 2.89. The van der Waals surface area contributed by atoms with Gasteiger partial charge in [-0.15, -0.1) is 0 Å². The molecule has 2 amide bonds. The van der Waals surface area contributed by atoms with Crippen LogP contribution in [0.15, 0.2) is 24.3 Å². The van der Waals surface area contributed by atoms with E-state index in [-0.39, 0.29) is 18.4 Å². The number of hydrogen-bond acceptors (Lipinski definition) is 4. The monoisotopic (exact) mass is 439 g/mol. The zero-order valence-electron chi connectivity index (χ0n) is 20.7. The smallest absolute Gasteiger partial charge is 0.407 e. The second kappa shape index (κ2) is 9.72. The molecule has 0 saturated heterocycles. The van der Waals surface area contributed by atoms with Crippen molar-refractivity contribution in [2.45, 2.75) is 80.4 Å². The van der Waals surface area contributed by atoms with Crippen molar-refractivity contribution in [1.82, 2.24) is 10.3 Å². The van der Waals surface area contributed by atoms with Crippen LogP contribution in [0.5, 0.6) is 0 Å². The number of carbonyl (C=O) groups is 2. The van der Waals surface area contributed by atoms with Crippen LogP contribution in [-0.2, 0) is 28.9 Å². The molecule has 2 rings (SSSR count). The Morgan fingerprint density at radius 3 is 2.09 bits per heavy atom. The quantitative estimate of drug-likeness (QED) is 0.662. The molecule has 0 unspecified atom stereocenters. The van der Waals surface area contributed by atoms with E-state index in [2.05, 4.69) is 26.1 Å². The molecule has 0 bridgehead atoms. The van der Waals surface area contributed by atoms with Gasteiger partial charge in [0.05, 0.1) is 6.42 Å². The lowest BCUT2D eigenvalue weighted by Crippen LogP contribution is -2.33. The second-order valence-corrected chi connectivity index (χ2v) is 10.6. The lowest BCUT2D eigenvalue weighted by atomic mass is 9.84. The number of amides is 2. The molecule has 1 aromatic carbocycles. The van der Waals surface area contributed by atoms with Crippen molar-refractivity contribution in [2.75, 3.05) is 0 Å². The maximum Gasteiger partial charge on any atom is 0.407 e. The fraction of sp³-hybridized carbons (Fsp3) is 0.500. The van der Waals surface area contributed by atoms with Crippen LogP contribution in [-0.4, -0.2) is 22.6 Å². The third-order valence-electron chi connectivity index (χ3n) is 4.89. The molecule has 6 heteroatoms. The van der Waals surface area contributed by atoms with Gasteiger partial charge in [0, 0.05) is 23.5 Å². The highest BCUT2D eigenvalue weighted by Gasteiger charge is 2.24. The molecule has 174 valence electrons. The Morgan fingerprint density at radius 2 is 1.59 bits per heavy atom. The number of primary amides is 1. The van der Waals surface area contributed by atoms with Gasteiger partial charge in [-0.1, -0.05) is 50.6 Å². The van der Waals surface area contributed by atoms with E-state index >= 15 is 0 Å². The third kappa shape index (κ3) is 7.36. The molecule has 1 heterocycles. The predicted molar refractivity (Wildman–Crippen MR) is 128 cm³/mol. The first-order valence-electron chi connectivity index (χ1n) is 11.0. The molecule has 1 aromatic heterocycles. The molecule has 0 aliphatic heterocycles. The fourth-order valence-corrected chi connectivity index (χ4v) is 3.62. The van der Waals surface area contributed by atoms with Gasteiger partial charge in [-0.2, -0.15) is 0 Å². The summed E-state index contributed by atoms with van der Waals surface area (Å²) in [6, 6.07) is 8.14. The first-order chi connectivity index (χ1) is 14.7. The lowest BCUT2D eigenvalue weighted by Gasteiger charge is -2.25. The van der Waals surface area contributed by atoms with Gasteiger partial charge in [0.25, 0.3) is 0 Å². The molecular weight excluding hydrogens is 402 g/mol. The van der Waals surface area contributed by atoms with Gasteiger partial charge in [-0.05, 0) is 63.1 Å². The van der Waals surface area contributed by atoms with Crippen molar-refractivity contribution in [3.63, 3.8) is 0 Å². The first kappa shape index (κ1) is 25.4. The van der Waals surface area contributed by atoms with Gasteiger partial charge in [0.1, 0.15) is 5.60 Å². The highest BCUT2D eigenvalue weighted by molar-refractivity contribution is 5.83. The van der Waals surface area contributed by atoms with Crippen molar-refractivity contribution in [1.29, 1.82) is 0 Å². The Morgan fingerprint density at radius 1 is 1.00 bits per heavy atom. The van der Waals surface area contributed by atoms with Crippen molar-refractivity contribution in [3.8, 4) is 11.1 Å². The van der Waals surface area contributed by atoms with Crippen LogP contribution in [0, 0.1) is 19.3 Å². The summed E-state index contributed by atoms with van der Waals surface area (Å²) in [7, 11) is 0. The van der Waals surface area contributed by atoms with Crippen LogP contribution in [0.4, 0.5) is 4.79 Å². The number of aryl methyl sites for hydroxylation is 2. The van der Waals surface area contributed by atoms with Crippen LogP contribution in [0.1, 0.15) is 69.6 Å². The molecular formula is C26H37N3O3. The Hall–Kier alpha value is -2.89.